The predicted molar refractivity (Wildman–Crippen MR) is 93.8 cm³/mol. The van der Waals surface area contributed by atoms with Crippen molar-refractivity contribution in [2.24, 2.45) is 23.7 Å². The molecule has 0 spiro atoms. The summed E-state index contributed by atoms with van der Waals surface area (Å²) in [6, 6.07) is 7.36. The van der Waals surface area contributed by atoms with Crippen molar-refractivity contribution in [1.82, 2.24) is 10.2 Å². The maximum Gasteiger partial charge on any atom is 0.240 e. The molecule has 0 aromatic heterocycles. The zero-order chi connectivity index (χ0) is 18.5. The monoisotopic (exact) mass is 368 g/mol. The molecule has 27 heavy (non-hydrogen) atoms. The number of hydrogen-bond donors (Lipinski definition) is 1. The van der Waals surface area contributed by atoms with Gasteiger partial charge in [-0.15, -0.1) is 0 Å². The van der Waals surface area contributed by atoms with E-state index in [1.54, 1.807) is 0 Å². The fourth-order valence-electron chi connectivity index (χ4n) is 4.71. The number of para-hydroxylation sites is 2. The Morgan fingerprint density at radius 3 is 2.44 bits per heavy atom. The minimum atomic E-state index is -0.362. The quantitative estimate of drug-likeness (QED) is 0.626. The Hall–Kier alpha value is -2.83. The highest BCUT2D eigenvalue weighted by Crippen LogP contribution is 2.52. The normalized spacial score (nSPS) is 32.7. The Balaban J connectivity index is 1.17. The van der Waals surface area contributed by atoms with Gasteiger partial charge in [0, 0.05) is 0 Å². The van der Waals surface area contributed by atoms with Crippen molar-refractivity contribution in [1.29, 1.82) is 0 Å². The van der Waals surface area contributed by atoms with E-state index in [0.717, 1.165) is 11.3 Å². The number of benzene rings is 1. The van der Waals surface area contributed by atoms with Gasteiger partial charge in [0.1, 0.15) is 19.3 Å². The molecule has 0 unspecified atom stereocenters. The average molecular weight is 368 g/mol. The smallest absolute Gasteiger partial charge is 0.240 e. The summed E-state index contributed by atoms with van der Waals surface area (Å²) in [6.07, 6.45) is 4.65. The van der Waals surface area contributed by atoms with E-state index in [-0.39, 0.29) is 60.6 Å². The van der Waals surface area contributed by atoms with E-state index in [1.165, 1.54) is 0 Å². The third-order valence-corrected chi connectivity index (χ3v) is 5.96. The SMILES string of the molecule is O=C(CN1C(=O)[C@@H]2[C@H](C1=O)[C@H]1C=C[C@H]2C1)NC[C@H]1COc2ccccc2O1. The molecule has 1 N–H and O–H groups in total. The third-order valence-electron chi connectivity index (χ3n) is 5.96. The van der Waals surface area contributed by atoms with Crippen LogP contribution in [0.15, 0.2) is 36.4 Å². The Bertz CT molecular complexity index is 821. The summed E-state index contributed by atoms with van der Waals surface area (Å²) in [5, 5.41) is 2.75. The number of fused-ring (bicyclic) bond motifs is 6. The molecule has 7 heteroatoms. The lowest BCUT2D eigenvalue weighted by atomic mass is 9.85. The van der Waals surface area contributed by atoms with Gasteiger partial charge < -0.3 is 14.8 Å². The second-order valence-corrected chi connectivity index (χ2v) is 7.56. The van der Waals surface area contributed by atoms with Crippen LogP contribution in [-0.4, -0.2) is 48.4 Å². The molecule has 2 aliphatic heterocycles. The van der Waals surface area contributed by atoms with E-state index < -0.39 is 0 Å². The summed E-state index contributed by atoms with van der Waals surface area (Å²) in [5.74, 6) is 0.311. The molecule has 3 amide bonds. The Morgan fingerprint density at radius 1 is 1.07 bits per heavy atom. The molecule has 7 nitrogen and oxygen atoms in total. The number of imide groups is 1. The van der Waals surface area contributed by atoms with E-state index in [9.17, 15) is 14.4 Å². The summed E-state index contributed by atoms with van der Waals surface area (Å²) in [6.45, 7) is 0.357. The van der Waals surface area contributed by atoms with Crippen LogP contribution in [0.3, 0.4) is 0 Å². The lowest BCUT2D eigenvalue weighted by Gasteiger charge is -2.26. The van der Waals surface area contributed by atoms with Gasteiger partial charge in [-0.2, -0.15) is 0 Å². The fourth-order valence-corrected chi connectivity index (χ4v) is 4.71. The minimum Gasteiger partial charge on any atom is -0.486 e. The summed E-state index contributed by atoms with van der Waals surface area (Å²) in [4.78, 5) is 38.7. The van der Waals surface area contributed by atoms with E-state index in [2.05, 4.69) is 5.32 Å². The zero-order valence-corrected chi connectivity index (χ0v) is 14.7. The van der Waals surface area contributed by atoms with E-state index in [0.29, 0.717) is 18.1 Å². The summed E-state index contributed by atoms with van der Waals surface area (Å²) >= 11 is 0. The van der Waals surface area contributed by atoms with Crippen molar-refractivity contribution in [3.05, 3.63) is 36.4 Å². The first kappa shape index (κ1) is 16.4. The molecule has 5 rings (SSSR count). The Morgan fingerprint density at radius 2 is 1.74 bits per heavy atom. The zero-order valence-electron chi connectivity index (χ0n) is 14.7. The number of nitrogens with zero attached hydrogens (tertiary/aromatic N) is 1. The highest BCUT2D eigenvalue weighted by molar-refractivity contribution is 6.08. The van der Waals surface area contributed by atoms with Crippen molar-refractivity contribution in [3.63, 3.8) is 0 Å². The van der Waals surface area contributed by atoms with Crippen molar-refractivity contribution >= 4 is 17.7 Å². The molecule has 140 valence electrons. The van der Waals surface area contributed by atoms with E-state index in [4.69, 9.17) is 9.47 Å². The van der Waals surface area contributed by atoms with Crippen LogP contribution < -0.4 is 14.8 Å². The van der Waals surface area contributed by atoms with Gasteiger partial charge >= 0.3 is 0 Å². The molecule has 2 bridgehead atoms. The second-order valence-electron chi connectivity index (χ2n) is 7.56. The van der Waals surface area contributed by atoms with Crippen LogP contribution in [0.25, 0.3) is 0 Å². The van der Waals surface area contributed by atoms with Gasteiger partial charge in [-0.25, -0.2) is 0 Å². The number of carbonyl (C=O) groups is 3. The number of hydrogen-bond acceptors (Lipinski definition) is 5. The molecule has 4 aliphatic rings. The number of likely N-dealkylation sites (tertiary alicyclic amines) is 1. The van der Waals surface area contributed by atoms with E-state index >= 15 is 0 Å². The highest BCUT2D eigenvalue weighted by Gasteiger charge is 2.59. The number of amides is 3. The first-order chi connectivity index (χ1) is 13.1. The molecule has 5 atom stereocenters. The van der Waals surface area contributed by atoms with E-state index in [1.807, 2.05) is 36.4 Å². The molecular weight excluding hydrogens is 348 g/mol. The first-order valence-corrected chi connectivity index (χ1v) is 9.30. The van der Waals surface area contributed by atoms with Gasteiger partial charge in [0.2, 0.25) is 17.7 Å². The number of carbonyl (C=O) groups excluding carboxylic acids is 3. The van der Waals surface area contributed by atoms with Crippen LogP contribution >= 0.6 is 0 Å². The molecule has 1 aromatic rings. The van der Waals surface area contributed by atoms with Gasteiger partial charge in [-0.1, -0.05) is 24.3 Å². The molecule has 1 aromatic carbocycles. The topological polar surface area (TPSA) is 84.9 Å². The predicted octanol–water partition coefficient (Wildman–Crippen LogP) is 0.750. The Kier molecular flexibility index (Phi) is 3.70. The van der Waals surface area contributed by atoms with Crippen LogP contribution in [0.4, 0.5) is 0 Å². The van der Waals surface area contributed by atoms with Gasteiger partial charge in [-0.05, 0) is 30.4 Å². The number of allylic oxidation sites excluding steroid dienone is 2. The molecule has 1 saturated heterocycles. The maximum atomic E-state index is 12.6. The first-order valence-electron chi connectivity index (χ1n) is 9.30. The van der Waals surface area contributed by atoms with Crippen molar-refractivity contribution in [2.45, 2.75) is 12.5 Å². The van der Waals surface area contributed by atoms with Gasteiger partial charge in [0.25, 0.3) is 0 Å². The second kappa shape index (κ2) is 6.11. The average Bonchev–Trinajstić information content (AvgIpc) is 3.36. The van der Waals surface area contributed by atoms with Crippen LogP contribution in [0.2, 0.25) is 0 Å². The number of ether oxygens (including phenoxy) is 2. The largest absolute Gasteiger partial charge is 0.486 e. The number of nitrogens with one attached hydrogen (secondary N) is 1. The maximum absolute atomic E-state index is 12.6. The van der Waals surface area contributed by atoms with Gasteiger partial charge in [0.15, 0.2) is 11.5 Å². The molecule has 2 fully saturated rings. The summed E-state index contributed by atoms with van der Waals surface area (Å²) < 4.78 is 11.4. The van der Waals surface area contributed by atoms with Gasteiger partial charge in [0.05, 0.1) is 18.4 Å². The summed E-state index contributed by atoms with van der Waals surface area (Å²) in [7, 11) is 0. The third kappa shape index (κ3) is 2.60. The fraction of sp³-hybridized carbons (Fsp3) is 0.450. The highest BCUT2D eigenvalue weighted by atomic mass is 16.6. The van der Waals surface area contributed by atoms with Gasteiger partial charge in [-0.3, -0.25) is 19.3 Å². The van der Waals surface area contributed by atoms with Crippen molar-refractivity contribution in [3.8, 4) is 11.5 Å². The van der Waals surface area contributed by atoms with Crippen LogP contribution in [0, 0.1) is 23.7 Å². The number of rotatable bonds is 4. The van der Waals surface area contributed by atoms with Crippen molar-refractivity contribution < 1.29 is 23.9 Å². The lowest BCUT2D eigenvalue weighted by molar-refractivity contribution is -0.144. The summed E-state index contributed by atoms with van der Waals surface area (Å²) in [5.41, 5.74) is 0. The molecule has 0 radical (unpaired) electrons. The van der Waals surface area contributed by atoms with Crippen LogP contribution in [0.1, 0.15) is 6.42 Å². The Labute approximate surface area is 156 Å². The van der Waals surface area contributed by atoms with Crippen molar-refractivity contribution in [2.75, 3.05) is 19.7 Å². The molecule has 2 aliphatic carbocycles. The van der Waals surface area contributed by atoms with Crippen LogP contribution in [-0.2, 0) is 14.4 Å². The minimum absolute atomic E-state index is 0.150. The van der Waals surface area contributed by atoms with Crippen LogP contribution in [0.5, 0.6) is 11.5 Å². The molecular formula is C20H20N2O5. The molecule has 2 heterocycles. The standard InChI is InChI=1S/C20H20N2O5/c23-16(21-8-13-10-26-14-3-1-2-4-15(14)27-13)9-22-19(24)17-11-5-6-12(7-11)18(17)20(22)25/h1-6,11-13,17-18H,7-10H2,(H,21,23)/t11-,12-,13-,17-,18+/m0/s1. The lowest BCUT2D eigenvalue weighted by Crippen LogP contribution is -2.46. The molecule has 1 saturated carbocycles.